The van der Waals surface area contributed by atoms with Gasteiger partial charge >= 0.3 is 16.3 Å². The first kappa shape index (κ1) is 14.2. The molecular formula is C9H19N3O4S. The topological polar surface area (TPSA) is 87.7 Å². The minimum Gasteiger partial charge on any atom is -0.446 e. The zero-order valence-electron chi connectivity index (χ0n) is 10.3. The van der Waals surface area contributed by atoms with Crippen molar-refractivity contribution in [3.05, 3.63) is 0 Å². The predicted octanol–water partition coefficient (Wildman–Crippen LogP) is -0.340. The Bertz CT molecular complexity index is 368. The van der Waals surface area contributed by atoms with Gasteiger partial charge in [-0.05, 0) is 20.8 Å². The van der Waals surface area contributed by atoms with Crippen LogP contribution in [0.15, 0.2) is 0 Å². The highest BCUT2D eigenvalue weighted by molar-refractivity contribution is 7.87. The van der Waals surface area contributed by atoms with Crippen molar-refractivity contribution >= 4 is 16.3 Å². The minimum absolute atomic E-state index is 0.0708. The van der Waals surface area contributed by atoms with Gasteiger partial charge in [0.25, 0.3) is 0 Å². The van der Waals surface area contributed by atoms with Crippen LogP contribution in [0.2, 0.25) is 0 Å². The lowest BCUT2D eigenvalue weighted by molar-refractivity contribution is 0.120. The smallest absolute Gasteiger partial charge is 0.422 e. The lowest BCUT2D eigenvalue weighted by atomic mass is 10.3. The molecule has 0 aliphatic carbocycles. The van der Waals surface area contributed by atoms with Crippen molar-refractivity contribution < 1.29 is 17.9 Å². The zero-order chi connectivity index (χ0) is 13.1. The van der Waals surface area contributed by atoms with E-state index in [1.165, 1.54) is 4.31 Å². The SMILES string of the molecule is CC(C)OC(=O)NS(=O)(=O)N1CCN[C@H](C)C1. The van der Waals surface area contributed by atoms with E-state index >= 15 is 0 Å². The highest BCUT2D eigenvalue weighted by Gasteiger charge is 2.28. The van der Waals surface area contributed by atoms with Gasteiger partial charge < -0.3 is 10.1 Å². The Labute approximate surface area is 102 Å². The van der Waals surface area contributed by atoms with Gasteiger partial charge in [0.1, 0.15) is 0 Å². The summed E-state index contributed by atoms with van der Waals surface area (Å²) in [6, 6.07) is 0.0708. The van der Waals surface area contributed by atoms with Crippen LogP contribution in [0, 0.1) is 0 Å². The minimum atomic E-state index is -3.79. The van der Waals surface area contributed by atoms with Crippen LogP contribution in [0.5, 0.6) is 0 Å². The maximum atomic E-state index is 11.8. The number of amides is 1. The summed E-state index contributed by atoms with van der Waals surface area (Å²) in [5.41, 5.74) is 0. The molecule has 0 aromatic heterocycles. The summed E-state index contributed by atoms with van der Waals surface area (Å²) in [4.78, 5) is 11.2. The highest BCUT2D eigenvalue weighted by Crippen LogP contribution is 2.04. The third-order valence-corrected chi connectivity index (χ3v) is 3.66. The Morgan fingerprint density at radius 2 is 2.18 bits per heavy atom. The fraction of sp³-hybridized carbons (Fsp3) is 0.889. The molecule has 1 aliphatic rings. The van der Waals surface area contributed by atoms with E-state index < -0.39 is 16.3 Å². The van der Waals surface area contributed by atoms with Gasteiger partial charge in [-0.1, -0.05) is 0 Å². The van der Waals surface area contributed by atoms with Crippen molar-refractivity contribution in [3.8, 4) is 0 Å². The largest absolute Gasteiger partial charge is 0.446 e. The monoisotopic (exact) mass is 265 g/mol. The van der Waals surface area contributed by atoms with Crippen LogP contribution >= 0.6 is 0 Å². The first-order valence-electron chi connectivity index (χ1n) is 5.53. The van der Waals surface area contributed by atoms with Crippen molar-refractivity contribution in [2.75, 3.05) is 19.6 Å². The van der Waals surface area contributed by atoms with Gasteiger partial charge in [0.05, 0.1) is 6.10 Å². The molecule has 17 heavy (non-hydrogen) atoms. The Morgan fingerprint density at radius 3 is 2.71 bits per heavy atom. The number of piperazine rings is 1. The fourth-order valence-corrected chi connectivity index (χ4v) is 2.66. The van der Waals surface area contributed by atoms with Crippen molar-refractivity contribution in [2.45, 2.75) is 32.9 Å². The van der Waals surface area contributed by atoms with Gasteiger partial charge in [0.2, 0.25) is 0 Å². The molecule has 1 saturated heterocycles. The number of nitrogens with zero attached hydrogens (tertiary/aromatic N) is 1. The summed E-state index contributed by atoms with van der Waals surface area (Å²) in [5.74, 6) is 0. The number of nitrogens with one attached hydrogen (secondary N) is 2. The van der Waals surface area contributed by atoms with Gasteiger partial charge in [-0.3, -0.25) is 0 Å². The molecule has 7 nitrogen and oxygen atoms in total. The van der Waals surface area contributed by atoms with E-state index in [-0.39, 0.29) is 12.1 Å². The number of carbonyl (C=O) groups is 1. The molecule has 1 aliphatic heterocycles. The normalized spacial score (nSPS) is 22.5. The molecule has 0 aromatic rings. The molecule has 0 bridgehead atoms. The van der Waals surface area contributed by atoms with E-state index in [2.05, 4.69) is 5.32 Å². The molecule has 1 fully saturated rings. The summed E-state index contributed by atoms with van der Waals surface area (Å²) in [6.07, 6.45) is -1.29. The van der Waals surface area contributed by atoms with Crippen LogP contribution in [0.3, 0.4) is 0 Å². The maximum Gasteiger partial charge on any atom is 0.422 e. The maximum absolute atomic E-state index is 11.8. The van der Waals surface area contributed by atoms with E-state index in [0.29, 0.717) is 19.6 Å². The van der Waals surface area contributed by atoms with Gasteiger partial charge in [-0.25, -0.2) is 9.52 Å². The van der Waals surface area contributed by atoms with E-state index in [1.54, 1.807) is 13.8 Å². The molecule has 0 saturated carbocycles. The lowest BCUT2D eigenvalue weighted by Crippen LogP contribution is -2.55. The quantitative estimate of drug-likeness (QED) is 0.729. The summed E-state index contributed by atoms with van der Waals surface area (Å²) in [7, 11) is -3.79. The lowest BCUT2D eigenvalue weighted by Gasteiger charge is -2.30. The summed E-state index contributed by atoms with van der Waals surface area (Å²) >= 11 is 0. The number of hydrogen-bond acceptors (Lipinski definition) is 5. The molecule has 0 aromatic carbocycles. The van der Waals surface area contributed by atoms with Gasteiger partial charge in [0.15, 0.2) is 0 Å². The van der Waals surface area contributed by atoms with Crippen LogP contribution in [-0.2, 0) is 14.9 Å². The highest BCUT2D eigenvalue weighted by atomic mass is 32.2. The third kappa shape index (κ3) is 4.49. The second kappa shape index (κ2) is 5.65. The molecule has 2 N–H and O–H groups in total. The van der Waals surface area contributed by atoms with E-state index in [4.69, 9.17) is 4.74 Å². The van der Waals surface area contributed by atoms with Gasteiger partial charge in [-0.2, -0.15) is 12.7 Å². The summed E-state index contributed by atoms with van der Waals surface area (Å²) < 4.78 is 31.5. The third-order valence-electron chi connectivity index (χ3n) is 2.23. The van der Waals surface area contributed by atoms with Crippen LogP contribution in [0.1, 0.15) is 20.8 Å². The van der Waals surface area contributed by atoms with Crippen molar-refractivity contribution in [3.63, 3.8) is 0 Å². The molecule has 1 atom stereocenters. The van der Waals surface area contributed by atoms with Crippen molar-refractivity contribution in [1.29, 1.82) is 0 Å². The number of carbonyl (C=O) groups excluding carboxylic acids is 1. The molecule has 8 heteroatoms. The molecule has 1 rings (SSSR count). The number of hydrogen-bond donors (Lipinski definition) is 2. The molecule has 0 spiro atoms. The van der Waals surface area contributed by atoms with Crippen molar-refractivity contribution in [2.24, 2.45) is 0 Å². The second-order valence-electron chi connectivity index (χ2n) is 4.27. The zero-order valence-corrected chi connectivity index (χ0v) is 11.1. The average molecular weight is 265 g/mol. The predicted molar refractivity (Wildman–Crippen MR) is 62.7 cm³/mol. The molecule has 1 amide bonds. The van der Waals surface area contributed by atoms with Gasteiger partial charge in [0, 0.05) is 25.7 Å². The van der Waals surface area contributed by atoms with E-state index in [1.807, 2.05) is 11.6 Å². The van der Waals surface area contributed by atoms with Crippen molar-refractivity contribution in [1.82, 2.24) is 14.3 Å². The summed E-state index contributed by atoms with van der Waals surface area (Å²) in [5, 5.41) is 3.12. The van der Waals surface area contributed by atoms with Crippen LogP contribution in [-0.4, -0.2) is 50.6 Å². The first-order valence-corrected chi connectivity index (χ1v) is 6.97. The Hall–Kier alpha value is -0.860. The Morgan fingerprint density at radius 1 is 1.53 bits per heavy atom. The van der Waals surface area contributed by atoms with Crippen LogP contribution < -0.4 is 10.0 Å². The molecular weight excluding hydrogens is 246 g/mol. The summed E-state index contributed by atoms with van der Waals surface area (Å²) in [6.45, 7) is 6.44. The van der Waals surface area contributed by atoms with E-state index in [9.17, 15) is 13.2 Å². The Kier molecular flexibility index (Phi) is 4.72. The first-order chi connectivity index (χ1) is 7.81. The van der Waals surface area contributed by atoms with E-state index in [0.717, 1.165) is 0 Å². The fourth-order valence-electron chi connectivity index (χ4n) is 1.52. The second-order valence-corrected chi connectivity index (χ2v) is 5.95. The number of rotatable bonds is 3. The van der Waals surface area contributed by atoms with Gasteiger partial charge in [-0.15, -0.1) is 0 Å². The standard InChI is InChI=1S/C9H19N3O4S/c1-7(2)16-9(13)11-17(14,15)12-5-4-10-8(3)6-12/h7-8,10H,4-6H2,1-3H3,(H,11,13)/t8-/m1/s1. The Balaban J connectivity index is 2.58. The molecule has 0 unspecified atom stereocenters. The number of ether oxygens (including phenoxy) is 1. The molecule has 0 radical (unpaired) electrons. The van der Waals surface area contributed by atoms with Crippen LogP contribution in [0.4, 0.5) is 4.79 Å². The average Bonchev–Trinajstić information content (AvgIpc) is 2.15. The molecule has 1 heterocycles. The van der Waals surface area contributed by atoms with Crippen LogP contribution in [0.25, 0.3) is 0 Å². The molecule has 100 valence electrons.